The number of carbonyl (C=O) groups excluding carboxylic acids is 1. The van der Waals surface area contributed by atoms with Crippen LogP contribution in [0, 0.1) is 0 Å². The van der Waals surface area contributed by atoms with E-state index < -0.39 is 0 Å². The van der Waals surface area contributed by atoms with E-state index in [1.807, 2.05) is 30.3 Å². The van der Waals surface area contributed by atoms with Gasteiger partial charge in [0, 0.05) is 63.9 Å². The SMILES string of the molecule is O=COC1CCN(c2ccc3c4c2cccc4c(=O)n2c4cccc5c(O)ccc(nc32)c54)CC1. The van der Waals surface area contributed by atoms with Crippen LogP contribution >= 0.6 is 0 Å². The molecule has 3 heterocycles. The second-order valence-corrected chi connectivity index (χ2v) is 9.16. The van der Waals surface area contributed by atoms with E-state index in [0.29, 0.717) is 22.9 Å². The van der Waals surface area contributed by atoms with Crippen LogP contribution in [-0.4, -0.2) is 40.2 Å². The third-order valence-corrected chi connectivity index (χ3v) is 7.38. The molecule has 1 aliphatic rings. The quantitative estimate of drug-likeness (QED) is 0.235. The minimum atomic E-state index is -0.126. The fourth-order valence-electron chi connectivity index (χ4n) is 5.76. The third-order valence-electron chi connectivity index (χ3n) is 7.38. The molecule has 0 bridgehead atoms. The molecule has 2 aromatic heterocycles. The van der Waals surface area contributed by atoms with E-state index in [0.717, 1.165) is 64.2 Å². The molecule has 0 saturated carbocycles. The minimum absolute atomic E-state index is 0.0438. The van der Waals surface area contributed by atoms with Crippen LogP contribution in [0.2, 0.25) is 0 Å². The van der Waals surface area contributed by atoms with E-state index in [2.05, 4.69) is 23.1 Å². The van der Waals surface area contributed by atoms with E-state index in [1.54, 1.807) is 16.5 Å². The van der Waals surface area contributed by atoms with Crippen molar-refractivity contribution in [1.82, 2.24) is 9.38 Å². The van der Waals surface area contributed by atoms with Gasteiger partial charge in [-0.3, -0.25) is 14.0 Å². The summed E-state index contributed by atoms with van der Waals surface area (Å²) in [5.41, 5.74) is 3.02. The molecule has 1 fully saturated rings. The van der Waals surface area contributed by atoms with Crippen LogP contribution in [-0.2, 0) is 9.53 Å². The maximum absolute atomic E-state index is 13.9. The number of hydrogen-bond acceptors (Lipinski definition) is 6. The van der Waals surface area contributed by atoms with Crippen LogP contribution in [0.4, 0.5) is 5.69 Å². The third kappa shape index (κ3) is 2.75. The molecule has 172 valence electrons. The Morgan fingerprint density at radius 2 is 1.66 bits per heavy atom. The molecule has 35 heavy (non-hydrogen) atoms. The summed E-state index contributed by atoms with van der Waals surface area (Å²) in [5.74, 6) is 0.170. The molecule has 7 nitrogen and oxygen atoms in total. The topological polar surface area (TPSA) is 84.1 Å². The van der Waals surface area contributed by atoms with E-state index in [4.69, 9.17) is 9.72 Å². The Bertz CT molecular complexity index is 1850. The average molecular weight is 463 g/mol. The van der Waals surface area contributed by atoms with Crippen LogP contribution in [0.5, 0.6) is 5.75 Å². The molecule has 0 amide bonds. The number of piperidine rings is 1. The molecule has 0 radical (unpaired) electrons. The van der Waals surface area contributed by atoms with E-state index >= 15 is 0 Å². The van der Waals surface area contributed by atoms with Crippen molar-refractivity contribution in [2.75, 3.05) is 18.0 Å². The number of pyridine rings is 1. The van der Waals surface area contributed by atoms with Crippen LogP contribution in [0.3, 0.4) is 0 Å². The number of aromatic nitrogens is 2. The number of phenolic OH excluding ortho intramolecular Hbond substituents is 1. The van der Waals surface area contributed by atoms with Crippen molar-refractivity contribution in [2.45, 2.75) is 18.9 Å². The number of ether oxygens (including phenoxy) is 1. The van der Waals surface area contributed by atoms with Gasteiger partial charge in [0.2, 0.25) is 0 Å². The van der Waals surface area contributed by atoms with Crippen molar-refractivity contribution in [3.8, 4) is 5.75 Å². The number of phenols is 1. The number of hydrogen-bond donors (Lipinski definition) is 1. The maximum atomic E-state index is 13.9. The predicted molar refractivity (Wildman–Crippen MR) is 137 cm³/mol. The van der Waals surface area contributed by atoms with Gasteiger partial charge in [0.05, 0.1) is 11.0 Å². The molecular weight excluding hydrogens is 442 g/mol. The highest BCUT2D eigenvalue weighted by Gasteiger charge is 2.24. The van der Waals surface area contributed by atoms with Crippen LogP contribution < -0.4 is 10.5 Å². The molecule has 0 atom stereocenters. The van der Waals surface area contributed by atoms with Crippen molar-refractivity contribution in [3.63, 3.8) is 0 Å². The van der Waals surface area contributed by atoms with Crippen LogP contribution in [0.15, 0.2) is 65.5 Å². The van der Waals surface area contributed by atoms with Gasteiger partial charge in [-0.15, -0.1) is 0 Å². The molecule has 6 aromatic rings. The first-order chi connectivity index (χ1) is 17.2. The summed E-state index contributed by atoms with van der Waals surface area (Å²) in [6.45, 7) is 2.08. The number of aromatic hydroxyl groups is 1. The Labute approximate surface area is 199 Å². The summed E-state index contributed by atoms with van der Waals surface area (Å²) in [5, 5.41) is 15.3. The molecule has 1 aliphatic heterocycles. The lowest BCUT2D eigenvalue weighted by Crippen LogP contribution is -2.37. The highest BCUT2D eigenvalue weighted by atomic mass is 16.5. The smallest absolute Gasteiger partial charge is 0.293 e. The van der Waals surface area contributed by atoms with E-state index in [1.165, 1.54) is 0 Å². The number of carbonyl (C=O) groups is 1. The van der Waals surface area contributed by atoms with Crippen molar-refractivity contribution < 1.29 is 14.6 Å². The van der Waals surface area contributed by atoms with Gasteiger partial charge in [0.15, 0.2) is 0 Å². The number of fused-ring (bicyclic) bond motifs is 3. The van der Waals surface area contributed by atoms with Gasteiger partial charge in [0.25, 0.3) is 12.0 Å². The standard InChI is InChI=1S/C28H21N3O4/c32-15-35-16-11-13-30(14-12-16)22-9-7-19-25-17(22)3-1-5-20(25)28(34)31-23-6-2-4-18-24(33)10-8-21(26(18)23)29-27(19)31/h1-10,15-16,33H,11-14H2. The Balaban J connectivity index is 1.54. The number of nitrogens with zero attached hydrogens (tertiary/aromatic N) is 3. The van der Waals surface area contributed by atoms with E-state index in [9.17, 15) is 14.7 Å². The highest BCUT2D eigenvalue weighted by molar-refractivity contribution is 6.20. The van der Waals surface area contributed by atoms with Gasteiger partial charge in [-0.1, -0.05) is 24.3 Å². The first kappa shape index (κ1) is 20.0. The summed E-state index contributed by atoms with van der Waals surface area (Å²) < 4.78 is 6.84. The van der Waals surface area contributed by atoms with Crippen molar-refractivity contribution in [3.05, 3.63) is 71.0 Å². The zero-order valence-corrected chi connectivity index (χ0v) is 18.8. The van der Waals surface area contributed by atoms with Crippen molar-refractivity contribution in [2.24, 2.45) is 0 Å². The van der Waals surface area contributed by atoms with Gasteiger partial charge in [-0.25, -0.2) is 4.98 Å². The summed E-state index contributed by atoms with van der Waals surface area (Å²) in [6, 6.07) is 19.1. The van der Waals surface area contributed by atoms with Crippen molar-refractivity contribution >= 4 is 61.2 Å². The zero-order chi connectivity index (χ0) is 23.7. The van der Waals surface area contributed by atoms with Gasteiger partial charge < -0.3 is 14.7 Å². The summed E-state index contributed by atoms with van der Waals surface area (Å²) in [4.78, 5) is 31.8. The second-order valence-electron chi connectivity index (χ2n) is 9.16. The molecule has 1 saturated heterocycles. The van der Waals surface area contributed by atoms with Gasteiger partial charge in [-0.2, -0.15) is 0 Å². The number of benzene rings is 4. The zero-order valence-electron chi connectivity index (χ0n) is 18.8. The van der Waals surface area contributed by atoms with Crippen LogP contribution in [0.25, 0.3) is 49.0 Å². The summed E-state index contributed by atoms with van der Waals surface area (Å²) in [7, 11) is 0. The molecule has 1 N–H and O–H groups in total. The van der Waals surface area contributed by atoms with Crippen LogP contribution in [0.1, 0.15) is 12.8 Å². The average Bonchev–Trinajstić information content (AvgIpc) is 2.89. The van der Waals surface area contributed by atoms with E-state index in [-0.39, 0.29) is 17.4 Å². The lowest BCUT2D eigenvalue weighted by Gasteiger charge is -2.33. The molecule has 0 spiro atoms. The highest BCUT2D eigenvalue weighted by Crippen LogP contribution is 2.38. The largest absolute Gasteiger partial charge is 0.507 e. The van der Waals surface area contributed by atoms with Crippen molar-refractivity contribution in [1.29, 1.82) is 0 Å². The Morgan fingerprint density at radius 3 is 2.49 bits per heavy atom. The first-order valence-electron chi connectivity index (χ1n) is 11.7. The molecule has 0 unspecified atom stereocenters. The first-order valence-corrected chi connectivity index (χ1v) is 11.7. The number of anilines is 1. The molecule has 4 aromatic carbocycles. The lowest BCUT2D eigenvalue weighted by atomic mass is 9.98. The Hall–Kier alpha value is -4.39. The fourth-order valence-corrected chi connectivity index (χ4v) is 5.76. The predicted octanol–water partition coefficient (Wildman–Crippen LogP) is 4.59. The molecular formula is C28H21N3O4. The lowest BCUT2D eigenvalue weighted by molar-refractivity contribution is -0.134. The molecule has 7 rings (SSSR count). The second kappa shape index (κ2) is 7.30. The maximum Gasteiger partial charge on any atom is 0.293 e. The Morgan fingerprint density at radius 1 is 0.886 bits per heavy atom. The monoisotopic (exact) mass is 463 g/mol. The summed E-state index contributed by atoms with van der Waals surface area (Å²) >= 11 is 0. The van der Waals surface area contributed by atoms with Gasteiger partial charge in [0.1, 0.15) is 17.5 Å². The minimum Gasteiger partial charge on any atom is -0.507 e. The molecule has 7 heteroatoms. The molecule has 0 aliphatic carbocycles. The normalized spacial score (nSPS) is 15.1. The van der Waals surface area contributed by atoms with Gasteiger partial charge >= 0.3 is 0 Å². The Kier molecular flexibility index (Phi) is 4.18. The fraction of sp³-hybridized carbons (Fsp3) is 0.179. The van der Waals surface area contributed by atoms with Gasteiger partial charge in [-0.05, 0) is 36.4 Å². The number of rotatable bonds is 3. The summed E-state index contributed by atoms with van der Waals surface area (Å²) in [6.07, 6.45) is 1.50.